The van der Waals surface area contributed by atoms with E-state index in [1.165, 1.54) is 13.0 Å². The van der Waals surface area contributed by atoms with Crippen molar-refractivity contribution >= 4 is 17.6 Å². The molecule has 0 saturated carbocycles. The number of piperidine rings is 1. The number of hydrogen-bond donors (Lipinski definition) is 1. The lowest BCUT2D eigenvalue weighted by Crippen LogP contribution is -2.46. The number of carbonyl (C=O) groups is 2. The summed E-state index contributed by atoms with van der Waals surface area (Å²) < 4.78 is 27.3. The van der Waals surface area contributed by atoms with Crippen LogP contribution in [0.4, 0.5) is 14.6 Å². The molecule has 1 aromatic rings. The number of rotatable bonds is 2. The Kier molecular flexibility index (Phi) is 3.82. The number of alkyl halides is 2. The Balaban J connectivity index is 2.02. The average molecular weight is 324 g/mol. The van der Waals surface area contributed by atoms with Gasteiger partial charge in [0.2, 0.25) is 0 Å². The van der Waals surface area contributed by atoms with Crippen LogP contribution in [0.3, 0.4) is 0 Å². The zero-order valence-electron chi connectivity index (χ0n) is 12.8. The number of Topliss-reactive ketones (excluding diaryl/α,β-unsaturated/α-hetero) is 1. The molecule has 0 radical (unpaired) electrons. The van der Waals surface area contributed by atoms with E-state index in [-0.39, 0.29) is 36.7 Å². The molecule has 23 heavy (non-hydrogen) atoms. The minimum absolute atomic E-state index is 0.0486. The molecule has 1 saturated heterocycles. The molecule has 1 aliphatic heterocycles. The van der Waals surface area contributed by atoms with Crippen molar-refractivity contribution in [2.24, 2.45) is 5.92 Å². The van der Waals surface area contributed by atoms with Gasteiger partial charge in [-0.2, -0.15) is 0 Å². The van der Waals surface area contributed by atoms with Gasteiger partial charge in [0.05, 0.1) is 5.69 Å². The molecular formula is C16H18F2N2O3. The van der Waals surface area contributed by atoms with Gasteiger partial charge in [0.25, 0.3) is 5.92 Å². The molecule has 0 spiro atoms. The molecule has 2 heterocycles. The minimum Gasteiger partial charge on any atom is -0.478 e. The molecule has 0 amide bonds. The highest BCUT2D eigenvalue weighted by atomic mass is 19.3. The topological polar surface area (TPSA) is 70.5 Å². The normalized spacial score (nSPS) is 23.5. The first-order chi connectivity index (χ1) is 10.8. The molecular weight excluding hydrogens is 306 g/mol. The Labute approximate surface area is 132 Å². The second-order valence-electron chi connectivity index (χ2n) is 6.29. The highest BCUT2D eigenvalue weighted by molar-refractivity contribution is 6.02. The largest absolute Gasteiger partial charge is 0.478 e. The van der Waals surface area contributed by atoms with Gasteiger partial charge in [-0.05, 0) is 18.9 Å². The molecule has 0 bridgehead atoms. The predicted molar refractivity (Wildman–Crippen MR) is 79.4 cm³/mol. The maximum absolute atomic E-state index is 13.7. The summed E-state index contributed by atoms with van der Waals surface area (Å²) in [6.07, 6.45) is 1.34. The molecule has 1 aliphatic carbocycles. The highest BCUT2D eigenvalue weighted by Gasteiger charge is 2.42. The average Bonchev–Trinajstić information content (AvgIpc) is 2.49. The monoisotopic (exact) mass is 324 g/mol. The number of carboxylic acids is 1. The van der Waals surface area contributed by atoms with Crippen LogP contribution in [0, 0.1) is 5.92 Å². The molecule has 1 aromatic heterocycles. The van der Waals surface area contributed by atoms with E-state index in [4.69, 9.17) is 0 Å². The zero-order chi connectivity index (χ0) is 16.8. The van der Waals surface area contributed by atoms with Gasteiger partial charge >= 0.3 is 5.97 Å². The SMILES string of the molecule is CC1CN(c2nc3c(cc2C(=O)O)C(=O)CCC3)CCC1(F)F. The molecule has 2 aliphatic rings. The van der Waals surface area contributed by atoms with Gasteiger partial charge in [-0.25, -0.2) is 18.6 Å². The van der Waals surface area contributed by atoms with E-state index in [2.05, 4.69) is 4.98 Å². The number of anilines is 1. The molecule has 1 fully saturated rings. The van der Waals surface area contributed by atoms with E-state index in [1.807, 2.05) is 0 Å². The van der Waals surface area contributed by atoms with Gasteiger partial charge in [-0.1, -0.05) is 6.92 Å². The number of hydrogen-bond acceptors (Lipinski definition) is 4. The molecule has 1 atom stereocenters. The standard InChI is InChI=1S/C16H18F2N2O3/c1-9-8-20(6-5-16(9,17)18)14-11(15(22)23)7-10-12(19-14)3-2-4-13(10)21/h7,9H,2-6,8H2,1H3,(H,22,23). The number of aromatic carboxylic acids is 1. The lowest BCUT2D eigenvalue weighted by atomic mass is 9.92. The van der Waals surface area contributed by atoms with Crippen molar-refractivity contribution in [3.8, 4) is 0 Å². The number of pyridine rings is 1. The van der Waals surface area contributed by atoms with E-state index < -0.39 is 17.8 Å². The van der Waals surface area contributed by atoms with Crippen LogP contribution in [0.2, 0.25) is 0 Å². The third-order valence-electron chi connectivity index (χ3n) is 4.66. The van der Waals surface area contributed by atoms with Crippen LogP contribution in [-0.4, -0.2) is 40.9 Å². The van der Waals surface area contributed by atoms with Gasteiger partial charge in [-0.15, -0.1) is 0 Å². The van der Waals surface area contributed by atoms with Crippen molar-refractivity contribution < 1.29 is 23.5 Å². The Morgan fingerprint density at radius 2 is 2.17 bits per heavy atom. The second kappa shape index (κ2) is 5.54. The van der Waals surface area contributed by atoms with E-state index in [1.54, 1.807) is 4.90 Å². The second-order valence-corrected chi connectivity index (χ2v) is 6.29. The fraction of sp³-hybridized carbons (Fsp3) is 0.562. The summed E-state index contributed by atoms with van der Waals surface area (Å²) in [5, 5.41) is 9.43. The van der Waals surface area contributed by atoms with E-state index >= 15 is 0 Å². The van der Waals surface area contributed by atoms with E-state index in [9.17, 15) is 23.5 Å². The van der Waals surface area contributed by atoms with Gasteiger partial charge in [0.15, 0.2) is 5.78 Å². The number of fused-ring (bicyclic) bond motifs is 1. The van der Waals surface area contributed by atoms with Gasteiger partial charge in [-0.3, -0.25) is 4.79 Å². The van der Waals surface area contributed by atoms with Gasteiger partial charge in [0, 0.05) is 37.4 Å². The summed E-state index contributed by atoms with van der Waals surface area (Å²) in [4.78, 5) is 29.5. The molecule has 7 heteroatoms. The number of carbonyl (C=O) groups excluding carboxylic acids is 1. The zero-order valence-corrected chi connectivity index (χ0v) is 12.8. The van der Waals surface area contributed by atoms with Crippen molar-refractivity contribution in [3.63, 3.8) is 0 Å². The van der Waals surface area contributed by atoms with Crippen LogP contribution in [-0.2, 0) is 6.42 Å². The van der Waals surface area contributed by atoms with Crippen molar-refractivity contribution in [2.75, 3.05) is 18.0 Å². The fourth-order valence-electron chi connectivity index (χ4n) is 3.20. The fourth-order valence-corrected chi connectivity index (χ4v) is 3.20. The number of halogens is 2. The van der Waals surface area contributed by atoms with Gasteiger partial charge in [0.1, 0.15) is 11.4 Å². The summed E-state index contributed by atoms with van der Waals surface area (Å²) in [5.41, 5.74) is 0.843. The Morgan fingerprint density at radius 1 is 1.43 bits per heavy atom. The molecule has 0 aromatic carbocycles. The van der Waals surface area contributed by atoms with Crippen molar-refractivity contribution in [3.05, 3.63) is 22.9 Å². The summed E-state index contributed by atoms with van der Waals surface area (Å²) in [6.45, 7) is 1.55. The number of carboxylic acid groups (broad SMARTS) is 1. The molecule has 124 valence electrons. The molecule has 1 unspecified atom stereocenters. The highest BCUT2D eigenvalue weighted by Crippen LogP contribution is 2.36. The smallest absolute Gasteiger partial charge is 0.339 e. The predicted octanol–water partition coefficient (Wildman–Crippen LogP) is 2.78. The number of ketones is 1. The Morgan fingerprint density at radius 3 is 2.83 bits per heavy atom. The van der Waals surface area contributed by atoms with Crippen molar-refractivity contribution in [1.29, 1.82) is 0 Å². The van der Waals surface area contributed by atoms with Crippen molar-refractivity contribution in [2.45, 2.75) is 38.5 Å². The quantitative estimate of drug-likeness (QED) is 0.906. The first-order valence-corrected chi connectivity index (χ1v) is 7.73. The Hall–Kier alpha value is -2.05. The summed E-state index contributed by atoms with van der Waals surface area (Å²) >= 11 is 0. The maximum Gasteiger partial charge on any atom is 0.339 e. The first-order valence-electron chi connectivity index (χ1n) is 7.73. The molecule has 1 N–H and O–H groups in total. The van der Waals surface area contributed by atoms with E-state index in [0.29, 0.717) is 30.5 Å². The maximum atomic E-state index is 13.7. The van der Waals surface area contributed by atoms with Crippen LogP contribution in [0.5, 0.6) is 0 Å². The van der Waals surface area contributed by atoms with Crippen LogP contribution < -0.4 is 4.90 Å². The number of aromatic nitrogens is 1. The number of nitrogens with zero attached hydrogens (tertiary/aromatic N) is 2. The first kappa shape index (κ1) is 15.8. The van der Waals surface area contributed by atoms with Crippen LogP contribution in [0.1, 0.15) is 52.6 Å². The summed E-state index contributed by atoms with van der Waals surface area (Å²) in [6, 6.07) is 1.36. The third-order valence-corrected chi connectivity index (χ3v) is 4.66. The van der Waals surface area contributed by atoms with Gasteiger partial charge < -0.3 is 10.0 Å². The van der Waals surface area contributed by atoms with Crippen molar-refractivity contribution in [1.82, 2.24) is 4.98 Å². The lowest BCUT2D eigenvalue weighted by Gasteiger charge is -2.38. The third kappa shape index (κ3) is 2.80. The van der Waals surface area contributed by atoms with Crippen LogP contribution in [0.15, 0.2) is 6.07 Å². The molecule has 3 rings (SSSR count). The number of aryl methyl sites for hydroxylation is 1. The van der Waals surface area contributed by atoms with Crippen LogP contribution >= 0.6 is 0 Å². The molecule has 5 nitrogen and oxygen atoms in total. The lowest BCUT2D eigenvalue weighted by molar-refractivity contribution is -0.0652. The summed E-state index contributed by atoms with van der Waals surface area (Å²) in [7, 11) is 0. The van der Waals surface area contributed by atoms with E-state index in [0.717, 1.165) is 0 Å². The Bertz CT molecular complexity index is 676. The summed E-state index contributed by atoms with van der Waals surface area (Å²) in [5.74, 6) is -4.72. The van der Waals surface area contributed by atoms with Crippen LogP contribution in [0.25, 0.3) is 0 Å². The minimum atomic E-state index is -2.75.